The number of oxazole rings is 1. The van der Waals surface area contributed by atoms with Crippen LogP contribution in [0.15, 0.2) is 28.7 Å². The Labute approximate surface area is 131 Å². The molecule has 1 aromatic heterocycles. The van der Waals surface area contributed by atoms with Gasteiger partial charge in [-0.15, -0.1) is 0 Å². The zero-order chi connectivity index (χ0) is 14.9. The minimum atomic E-state index is -0.156. The first-order chi connectivity index (χ1) is 10.8. The first-order valence-electron chi connectivity index (χ1n) is 8.59. The molecule has 2 fully saturated rings. The van der Waals surface area contributed by atoms with Crippen molar-refractivity contribution in [3.05, 3.63) is 30.2 Å². The van der Waals surface area contributed by atoms with Crippen LogP contribution >= 0.6 is 0 Å². The van der Waals surface area contributed by atoms with E-state index in [2.05, 4.69) is 9.88 Å². The van der Waals surface area contributed by atoms with E-state index in [-0.39, 0.29) is 6.10 Å². The number of fused-ring (bicyclic) bond motifs is 1. The van der Waals surface area contributed by atoms with Gasteiger partial charge in [-0.2, -0.15) is 0 Å². The largest absolute Gasteiger partial charge is 0.440 e. The van der Waals surface area contributed by atoms with Gasteiger partial charge in [-0.05, 0) is 44.4 Å². The fourth-order valence-electron chi connectivity index (χ4n) is 4.09. The van der Waals surface area contributed by atoms with Crippen molar-refractivity contribution < 1.29 is 9.52 Å². The highest BCUT2D eigenvalue weighted by Crippen LogP contribution is 2.32. The molecule has 4 heteroatoms. The molecular formula is C18H24N2O2. The first-order valence-corrected chi connectivity index (χ1v) is 8.59. The summed E-state index contributed by atoms with van der Waals surface area (Å²) in [5, 5.41) is 10.3. The van der Waals surface area contributed by atoms with E-state index in [1.165, 1.54) is 12.8 Å². The third kappa shape index (κ3) is 2.66. The first kappa shape index (κ1) is 14.2. The molecular weight excluding hydrogens is 276 g/mol. The summed E-state index contributed by atoms with van der Waals surface area (Å²) in [4.78, 5) is 7.16. The maximum Gasteiger partial charge on any atom is 0.199 e. The third-order valence-electron chi connectivity index (χ3n) is 5.28. The Hall–Kier alpha value is -1.39. The number of benzene rings is 1. The number of rotatable bonds is 2. The highest BCUT2D eigenvalue weighted by molar-refractivity contribution is 5.72. The van der Waals surface area contributed by atoms with E-state index in [4.69, 9.17) is 4.42 Å². The molecule has 2 aromatic rings. The van der Waals surface area contributed by atoms with Gasteiger partial charge in [0.1, 0.15) is 5.52 Å². The molecule has 1 N–H and O–H groups in total. The van der Waals surface area contributed by atoms with Crippen LogP contribution < -0.4 is 0 Å². The molecule has 1 aromatic carbocycles. The van der Waals surface area contributed by atoms with Crippen molar-refractivity contribution in [2.45, 2.75) is 56.6 Å². The lowest BCUT2D eigenvalue weighted by molar-refractivity contribution is 0.00562. The van der Waals surface area contributed by atoms with Gasteiger partial charge >= 0.3 is 0 Å². The average molecular weight is 300 g/mol. The molecule has 1 aliphatic carbocycles. The molecule has 4 rings (SSSR count). The van der Waals surface area contributed by atoms with Crippen molar-refractivity contribution in [1.29, 1.82) is 0 Å². The molecule has 118 valence electrons. The fraction of sp³-hybridized carbons (Fsp3) is 0.611. The van der Waals surface area contributed by atoms with Crippen LogP contribution in [0.5, 0.6) is 0 Å². The van der Waals surface area contributed by atoms with Crippen LogP contribution in [0, 0.1) is 0 Å². The maximum absolute atomic E-state index is 10.3. The fourth-order valence-corrected chi connectivity index (χ4v) is 4.09. The standard InChI is InChI=1S/C18H24N2O2/c21-16-9-3-2-8-15(16)20-11-5-6-13(12-20)18-19-14-7-1-4-10-17(14)22-18/h1,4,7,10,13,15-16,21H,2-3,5-6,8-9,11-12H2. The predicted molar refractivity (Wildman–Crippen MR) is 85.8 cm³/mol. The van der Waals surface area contributed by atoms with Gasteiger partial charge in [0, 0.05) is 18.5 Å². The quantitative estimate of drug-likeness (QED) is 0.924. The molecule has 0 radical (unpaired) electrons. The second-order valence-electron chi connectivity index (χ2n) is 6.77. The van der Waals surface area contributed by atoms with Crippen molar-refractivity contribution in [3.63, 3.8) is 0 Å². The minimum Gasteiger partial charge on any atom is -0.440 e. The van der Waals surface area contributed by atoms with E-state index in [1.807, 2.05) is 24.3 Å². The van der Waals surface area contributed by atoms with E-state index in [0.29, 0.717) is 12.0 Å². The Morgan fingerprint density at radius 1 is 1.09 bits per heavy atom. The van der Waals surface area contributed by atoms with Crippen molar-refractivity contribution in [2.75, 3.05) is 13.1 Å². The van der Waals surface area contributed by atoms with Crippen molar-refractivity contribution >= 4 is 11.1 Å². The molecule has 3 atom stereocenters. The maximum atomic E-state index is 10.3. The number of hydrogen-bond donors (Lipinski definition) is 1. The van der Waals surface area contributed by atoms with Gasteiger partial charge < -0.3 is 9.52 Å². The smallest absolute Gasteiger partial charge is 0.199 e. The van der Waals surface area contributed by atoms with Crippen LogP contribution in [0.25, 0.3) is 11.1 Å². The lowest BCUT2D eigenvalue weighted by Gasteiger charge is -2.41. The van der Waals surface area contributed by atoms with Crippen molar-refractivity contribution in [3.8, 4) is 0 Å². The topological polar surface area (TPSA) is 49.5 Å². The lowest BCUT2D eigenvalue weighted by atomic mass is 9.88. The lowest BCUT2D eigenvalue weighted by Crippen LogP contribution is -2.49. The Balaban J connectivity index is 1.52. The van der Waals surface area contributed by atoms with Crippen LogP contribution in [0.1, 0.15) is 50.3 Å². The van der Waals surface area contributed by atoms with E-state index in [0.717, 1.165) is 55.8 Å². The molecule has 3 unspecified atom stereocenters. The predicted octanol–water partition coefficient (Wildman–Crippen LogP) is 3.31. The molecule has 0 amide bonds. The Kier molecular flexibility index (Phi) is 3.89. The third-order valence-corrected chi connectivity index (χ3v) is 5.28. The summed E-state index contributed by atoms with van der Waals surface area (Å²) < 4.78 is 5.97. The van der Waals surface area contributed by atoms with Crippen molar-refractivity contribution in [1.82, 2.24) is 9.88 Å². The van der Waals surface area contributed by atoms with E-state index < -0.39 is 0 Å². The molecule has 1 saturated carbocycles. The van der Waals surface area contributed by atoms with Crippen LogP contribution in [0.4, 0.5) is 0 Å². The molecule has 2 aliphatic rings. The summed E-state index contributed by atoms with van der Waals surface area (Å²) in [5.74, 6) is 1.23. The van der Waals surface area contributed by atoms with E-state index in [9.17, 15) is 5.11 Å². The zero-order valence-corrected chi connectivity index (χ0v) is 12.9. The normalized spacial score (nSPS) is 30.7. The monoisotopic (exact) mass is 300 g/mol. The minimum absolute atomic E-state index is 0.156. The number of nitrogens with zero attached hydrogens (tertiary/aromatic N) is 2. The van der Waals surface area contributed by atoms with Crippen LogP contribution in [0.2, 0.25) is 0 Å². The molecule has 4 nitrogen and oxygen atoms in total. The second kappa shape index (κ2) is 6.01. The van der Waals surface area contributed by atoms with Crippen LogP contribution in [-0.4, -0.2) is 40.2 Å². The Morgan fingerprint density at radius 3 is 2.82 bits per heavy atom. The zero-order valence-electron chi connectivity index (χ0n) is 12.9. The number of aliphatic hydroxyl groups is 1. The number of piperidine rings is 1. The van der Waals surface area contributed by atoms with Gasteiger partial charge in [0.05, 0.1) is 6.10 Å². The second-order valence-corrected chi connectivity index (χ2v) is 6.77. The van der Waals surface area contributed by atoms with Gasteiger partial charge in [-0.1, -0.05) is 25.0 Å². The number of hydrogen-bond acceptors (Lipinski definition) is 4. The molecule has 22 heavy (non-hydrogen) atoms. The molecule has 0 spiro atoms. The Bertz CT molecular complexity index is 606. The molecule has 1 saturated heterocycles. The number of aliphatic hydroxyl groups excluding tert-OH is 1. The highest BCUT2D eigenvalue weighted by atomic mass is 16.3. The summed E-state index contributed by atoms with van der Waals surface area (Å²) in [7, 11) is 0. The number of para-hydroxylation sites is 2. The summed E-state index contributed by atoms with van der Waals surface area (Å²) in [6, 6.07) is 8.31. The SMILES string of the molecule is OC1CCCCC1N1CCCC(c2nc3ccccc3o2)C1. The summed E-state index contributed by atoms with van der Waals surface area (Å²) in [6.45, 7) is 2.06. The van der Waals surface area contributed by atoms with Gasteiger partial charge in [0.15, 0.2) is 11.5 Å². The molecule has 2 heterocycles. The average Bonchev–Trinajstić information content (AvgIpc) is 2.99. The summed E-state index contributed by atoms with van der Waals surface area (Å²) in [5.41, 5.74) is 1.83. The van der Waals surface area contributed by atoms with Gasteiger partial charge in [-0.3, -0.25) is 4.90 Å². The molecule has 1 aliphatic heterocycles. The summed E-state index contributed by atoms with van der Waals surface area (Å²) in [6.07, 6.45) is 6.62. The van der Waals surface area contributed by atoms with Gasteiger partial charge in [0.2, 0.25) is 0 Å². The van der Waals surface area contributed by atoms with E-state index in [1.54, 1.807) is 0 Å². The van der Waals surface area contributed by atoms with Gasteiger partial charge in [0.25, 0.3) is 0 Å². The van der Waals surface area contributed by atoms with Crippen LogP contribution in [0.3, 0.4) is 0 Å². The molecule has 0 bridgehead atoms. The highest BCUT2D eigenvalue weighted by Gasteiger charge is 2.33. The number of likely N-dealkylation sites (tertiary alicyclic amines) is 1. The number of aromatic nitrogens is 1. The van der Waals surface area contributed by atoms with Crippen LogP contribution in [-0.2, 0) is 0 Å². The van der Waals surface area contributed by atoms with E-state index >= 15 is 0 Å². The summed E-state index contributed by atoms with van der Waals surface area (Å²) >= 11 is 0. The Morgan fingerprint density at radius 2 is 1.95 bits per heavy atom. The van der Waals surface area contributed by atoms with Crippen molar-refractivity contribution in [2.24, 2.45) is 0 Å². The van der Waals surface area contributed by atoms with Gasteiger partial charge in [-0.25, -0.2) is 4.98 Å².